The first kappa shape index (κ1) is 10.2. The first-order chi connectivity index (χ1) is 8.78. The molecule has 4 rings (SSSR count). The van der Waals surface area contributed by atoms with Gasteiger partial charge in [-0.05, 0) is 18.6 Å². The van der Waals surface area contributed by atoms with E-state index in [9.17, 15) is 0 Å². The van der Waals surface area contributed by atoms with Gasteiger partial charge in [0.25, 0.3) is 0 Å². The molecule has 0 amide bonds. The first-order valence-electron chi connectivity index (χ1n) is 6.26. The summed E-state index contributed by atoms with van der Waals surface area (Å²) in [5.74, 6) is 0.970. The van der Waals surface area contributed by atoms with Gasteiger partial charge in [0.05, 0.1) is 13.2 Å². The monoisotopic (exact) mass is 238 g/mol. The van der Waals surface area contributed by atoms with Gasteiger partial charge < -0.3 is 9.47 Å². The van der Waals surface area contributed by atoms with Gasteiger partial charge >= 0.3 is 0 Å². The Morgan fingerprint density at radius 3 is 2.61 bits per heavy atom. The number of aryl methyl sites for hydroxylation is 1. The van der Waals surface area contributed by atoms with Gasteiger partial charge in [-0.1, -0.05) is 42.0 Å². The van der Waals surface area contributed by atoms with Crippen LogP contribution in [0.25, 0.3) is 11.1 Å². The summed E-state index contributed by atoms with van der Waals surface area (Å²) < 4.78 is 11.6. The highest BCUT2D eigenvalue weighted by atomic mass is 16.6. The van der Waals surface area contributed by atoms with Crippen LogP contribution in [-0.2, 0) is 10.3 Å². The molecule has 2 heteroatoms. The second-order valence-corrected chi connectivity index (χ2v) is 5.13. The van der Waals surface area contributed by atoms with Crippen molar-refractivity contribution < 1.29 is 9.47 Å². The van der Waals surface area contributed by atoms with Crippen LogP contribution in [0.15, 0.2) is 42.5 Å². The average Bonchev–Trinajstić information content (AvgIpc) is 2.35. The van der Waals surface area contributed by atoms with E-state index in [0.29, 0.717) is 13.2 Å². The van der Waals surface area contributed by atoms with Crippen molar-refractivity contribution in [3.63, 3.8) is 0 Å². The van der Waals surface area contributed by atoms with Gasteiger partial charge in [0.15, 0.2) is 5.60 Å². The van der Waals surface area contributed by atoms with E-state index in [2.05, 4.69) is 37.3 Å². The highest BCUT2D eigenvalue weighted by Crippen LogP contribution is 2.48. The number of para-hydroxylation sites is 1. The lowest BCUT2D eigenvalue weighted by Gasteiger charge is -2.45. The summed E-state index contributed by atoms with van der Waals surface area (Å²) in [6.07, 6.45) is 0. The summed E-state index contributed by atoms with van der Waals surface area (Å²) in [7, 11) is 0. The van der Waals surface area contributed by atoms with Crippen LogP contribution in [0.4, 0.5) is 0 Å². The standard InChI is InChI=1S/C16H14O2/c1-11-6-7-12-13-4-2-3-5-15(13)18-16(9-17-10-16)14(12)8-11/h2-8H,9-10H2,1H3. The van der Waals surface area contributed by atoms with Gasteiger partial charge in [-0.2, -0.15) is 0 Å². The zero-order valence-corrected chi connectivity index (χ0v) is 10.3. The lowest BCUT2D eigenvalue weighted by molar-refractivity contribution is -0.169. The van der Waals surface area contributed by atoms with Crippen LogP contribution in [-0.4, -0.2) is 13.2 Å². The fourth-order valence-corrected chi connectivity index (χ4v) is 2.82. The van der Waals surface area contributed by atoms with E-state index >= 15 is 0 Å². The van der Waals surface area contributed by atoms with Crippen molar-refractivity contribution in [1.29, 1.82) is 0 Å². The Morgan fingerprint density at radius 2 is 1.83 bits per heavy atom. The van der Waals surface area contributed by atoms with Gasteiger partial charge in [0.1, 0.15) is 5.75 Å². The molecule has 1 fully saturated rings. The molecule has 0 atom stereocenters. The number of ether oxygens (including phenoxy) is 2. The molecule has 0 bridgehead atoms. The van der Waals surface area contributed by atoms with E-state index in [4.69, 9.17) is 9.47 Å². The third-order valence-corrected chi connectivity index (χ3v) is 3.82. The molecule has 1 saturated heterocycles. The first-order valence-corrected chi connectivity index (χ1v) is 6.26. The maximum absolute atomic E-state index is 6.21. The van der Waals surface area contributed by atoms with E-state index in [0.717, 1.165) is 5.75 Å². The molecule has 2 heterocycles. The Morgan fingerprint density at radius 1 is 1.00 bits per heavy atom. The highest BCUT2D eigenvalue weighted by molar-refractivity contribution is 5.77. The topological polar surface area (TPSA) is 18.5 Å². The van der Waals surface area contributed by atoms with E-state index in [1.807, 2.05) is 12.1 Å². The van der Waals surface area contributed by atoms with Crippen LogP contribution in [0.5, 0.6) is 5.75 Å². The number of rotatable bonds is 0. The molecule has 2 aromatic rings. The van der Waals surface area contributed by atoms with Crippen molar-refractivity contribution in [3.05, 3.63) is 53.6 Å². The Kier molecular flexibility index (Phi) is 1.90. The molecule has 90 valence electrons. The Hall–Kier alpha value is -1.80. The van der Waals surface area contributed by atoms with Crippen LogP contribution in [0.1, 0.15) is 11.1 Å². The lowest BCUT2D eigenvalue weighted by atomic mass is 9.82. The second-order valence-electron chi connectivity index (χ2n) is 5.13. The quantitative estimate of drug-likeness (QED) is 0.701. The SMILES string of the molecule is Cc1ccc2c(c1)C1(COC1)Oc1ccccc1-2. The van der Waals surface area contributed by atoms with Crippen LogP contribution >= 0.6 is 0 Å². The Labute approximate surface area is 106 Å². The second kappa shape index (κ2) is 3.36. The molecule has 0 N–H and O–H groups in total. The average molecular weight is 238 g/mol. The van der Waals surface area contributed by atoms with Gasteiger partial charge in [0.2, 0.25) is 0 Å². The van der Waals surface area contributed by atoms with Crippen molar-refractivity contribution in [1.82, 2.24) is 0 Å². The Balaban J connectivity index is 2.01. The molecule has 2 aromatic carbocycles. The summed E-state index contributed by atoms with van der Waals surface area (Å²) in [6, 6.07) is 14.8. The van der Waals surface area contributed by atoms with Crippen molar-refractivity contribution in [2.24, 2.45) is 0 Å². The van der Waals surface area contributed by atoms with Crippen LogP contribution in [0.3, 0.4) is 0 Å². The molecule has 0 aromatic heterocycles. The molecule has 2 nitrogen and oxygen atoms in total. The van der Waals surface area contributed by atoms with Crippen molar-refractivity contribution >= 4 is 0 Å². The predicted molar refractivity (Wildman–Crippen MR) is 69.7 cm³/mol. The molecule has 0 saturated carbocycles. The largest absolute Gasteiger partial charge is 0.477 e. The zero-order chi connectivity index (χ0) is 12.2. The zero-order valence-electron chi connectivity index (χ0n) is 10.3. The maximum Gasteiger partial charge on any atom is 0.181 e. The number of fused-ring (bicyclic) bond motifs is 4. The van der Waals surface area contributed by atoms with Gasteiger partial charge in [0, 0.05) is 11.1 Å². The summed E-state index contributed by atoms with van der Waals surface area (Å²) in [4.78, 5) is 0. The van der Waals surface area contributed by atoms with Gasteiger partial charge in [-0.3, -0.25) is 0 Å². The molecular formula is C16H14O2. The lowest BCUT2D eigenvalue weighted by Crippen LogP contribution is -2.53. The van der Waals surface area contributed by atoms with Crippen molar-refractivity contribution in [2.75, 3.05) is 13.2 Å². The highest BCUT2D eigenvalue weighted by Gasteiger charge is 2.47. The van der Waals surface area contributed by atoms with E-state index in [-0.39, 0.29) is 5.60 Å². The Bertz CT molecular complexity index is 627. The van der Waals surface area contributed by atoms with Crippen LogP contribution < -0.4 is 4.74 Å². The van der Waals surface area contributed by atoms with E-state index in [1.54, 1.807) is 0 Å². The molecule has 1 spiro atoms. The number of benzene rings is 2. The van der Waals surface area contributed by atoms with Crippen LogP contribution in [0, 0.1) is 6.92 Å². The van der Waals surface area contributed by atoms with Crippen LogP contribution in [0.2, 0.25) is 0 Å². The minimum atomic E-state index is -0.254. The molecule has 18 heavy (non-hydrogen) atoms. The number of hydrogen-bond acceptors (Lipinski definition) is 2. The third kappa shape index (κ3) is 1.21. The molecule has 2 aliphatic rings. The molecule has 2 aliphatic heterocycles. The summed E-state index contributed by atoms with van der Waals surface area (Å²) in [5.41, 5.74) is 4.75. The normalized spacial score (nSPS) is 18.5. The van der Waals surface area contributed by atoms with Crippen molar-refractivity contribution in [2.45, 2.75) is 12.5 Å². The minimum Gasteiger partial charge on any atom is -0.477 e. The molecule has 0 radical (unpaired) electrons. The minimum absolute atomic E-state index is 0.254. The molecular weight excluding hydrogens is 224 g/mol. The van der Waals surface area contributed by atoms with Gasteiger partial charge in [-0.25, -0.2) is 0 Å². The predicted octanol–water partition coefficient (Wildman–Crippen LogP) is 3.28. The van der Waals surface area contributed by atoms with Crippen molar-refractivity contribution in [3.8, 4) is 16.9 Å². The fourth-order valence-electron chi connectivity index (χ4n) is 2.82. The maximum atomic E-state index is 6.21. The number of hydrogen-bond donors (Lipinski definition) is 0. The third-order valence-electron chi connectivity index (χ3n) is 3.82. The summed E-state index contributed by atoms with van der Waals surface area (Å²) >= 11 is 0. The van der Waals surface area contributed by atoms with Gasteiger partial charge in [-0.15, -0.1) is 0 Å². The fraction of sp³-hybridized carbons (Fsp3) is 0.250. The smallest absolute Gasteiger partial charge is 0.181 e. The summed E-state index contributed by atoms with van der Waals surface area (Å²) in [6.45, 7) is 3.42. The van der Waals surface area contributed by atoms with E-state index < -0.39 is 0 Å². The molecule has 0 aliphatic carbocycles. The van der Waals surface area contributed by atoms with E-state index in [1.165, 1.54) is 22.3 Å². The molecule has 0 unspecified atom stereocenters. The summed E-state index contributed by atoms with van der Waals surface area (Å²) in [5, 5.41) is 0.